The predicted molar refractivity (Wildman–Crippen MR) is 78.3 cm³/mol. The third-order valence-corrected chi connectivity index (χ3v) is 3.19. The van der Waals surface area contributed by atoms with Crippen LogP contribution in [-0.4, -0.2) is 0 Å². The van der Waals surface area contributed by atoms with Crippen molar-refractivity contribution in [1.82, 2.24) is 0 Å². The Hall–Kier alpha value is -2.93. The van der Waals surface area contributed by atoms with Gasteiger partial charge in [0, 0.05) is 5.69 Å². The maximum atomic E-state index is 13.8. The van der Waals surface area contributed by atoms with Crippen molar-refractivity contribution < 1.29 is 8.78 Å². The molecular weight excluding hydrogens is 270 g/mol. The maximum Gasteiger partial charge on any atom is 0.150 e. The summed E-state index contributed by atoms with van der Waals surface area (Å²) in [5.74, 6) is -1.58. The molecule has 0 atom stereocenters. The second-order valence-corrected chi connectivity index (χ2v) is 4.61. The van der Waals surface area contributed by atoms with Crippen LogP contribution in [0.3, 0.4) is 0 Å². The summed E-state index contributed by atoms with van der Waals surface area (Å²) in [6.45, 7) is 0. The van der Waals surface area contributed by atoms with E-state index in [0.29, 0.717) is 5.69 Å². The minimum Gasteiger partial charge on any atom is -0.351 e. The summed E-state index contributed by atoms with van der Waals surface area (Å²) < 4.78 is 27.7. The molecule has 0 saturated carbocycles. The Morgan fingerprint density at radius 3 is 2.19 bits per heavy atom. The van der Waals surface area contributed by atoms with E-state index in [4.69, 9.17) is 5.26 Å². The fourth-order valence-electron chi connectivity index (χ4n) is 2.17. The molecule has 0 aliphatic rings. The van der Waals surface area contributed by atoms with Gasteiger partial charge in [0.25, 0.3) is 0 Å². The monoisotopic (exact) mass is 280 g/mol. The molecule has 0 aliphatic heterocycles. The van der Waals surface area contributed by atoms with Gasteiger partial charge in [-0.3, -0.25) is 0 Å². The standard InChI is InChI=1S/C17H10F2N2/c18-15-7-11(10-20)8-16(19)17(15)21-14-6-5-12-3-1-2-4-13(12)9-14/h1-9,21H. The number of fused-ring (bicyclic) bond motifs is 1. The molecule has 0 amide bonds. The number of benzene rings is 3. The Morgan fingerprint density at radius 1 is 0.857 bits per heavy atom. The van der Waals surface area contributed by atoms with Crippen LogP contribution in [0.5, 0.6) is 0 Å². The zero-order valence-corrected chi connectivity index (χ0v) is 10.9. The van der Waals surface area contributed by atoms with Crippen LogP contribution in [-0.2, 0) is 0 Å². The lowest BCUT2D eigenvalue weighted by Gasteiger charge is -2.10. The molecule has 0 fully saturated rings. The Morgan fingerprint density at radius 2 is 1.52 bits per heavy atom. The van der Waals surface area contributed by atoms with Gasteiger partial charge in [-0.1, -0.05) is 30.3 Å². The fraction of sp³-hybridized carbons (Fsp3) is 0. The summed E-state index contributed by atoms with van der Waals surface area (Å²) in [6, 6.07) is 16.9. The molecule has 1 N–H and O–H groups in total. The van der Waals surface area contributed by atoms with Crippen LogP contribution in [0.25, 0.3) is 10.8 Å². The highest BCUT2D eigenvalue weighted by atomic mass is 19.1. The van der Waals surface area contributed by atoms with E-state index in [-0.39, 0.29) is 11.3 Å². The van der Waals surface area contributed by atoms with E-state index in [0.717, 1.165) is 22.9 Å². The van der Waals surface area contributed by atoms with Gasteiger partial charge in [0.05, 0.1) is 11.6 Å². The van der Waals surface area contributed by atoms with Crippen molar-refractivity contribution >= 4 is 22.1 Å². The summed E-state index contributed by atoms with van der Waals surface area (Å²) in [4.78, 5) is 0. The summed E-state index contributed by atoms with van der Waals surface area (Å²) in [6.07, 6.45) is 0. The van der Waals surface area contributed by atoms with Gasteiger partial charge in [0.2, 0.25) is 0 Å². The number of nitrogens with zero attached hydrogens (tertiary/aromatic N) is 1. The first-order valence-corrected chi connectivity index (χ1v) is 6.32. The minimum absolute atomic E-state index is 0.0472. The van der Waals surface area contributed by atoms with Crippen molar-refractivity contribution in [3.63, 3.8) is 0 Å². The molecule has 0 heterocycles. The lowest BCUT2D eigenvalue weighted by molar-refractivity contribution is 0.590. The summed E-state index contributed by atoms with van der Waals surface area (Å²) in [5.41, 5.74) is 0.273. The van der Waals surface area contributed by atoms with Gasteiger partial charge < -0.3 is 5.32 Å². The van der Waals surface area contributed by atoms with Gasteiger partial charge in [0.1, 0.15) is 5.69 Å². The summed E-state index contributed by atoms with van der Waals surface area (Å²) >= 11 is 0. The Balaban J connectivity index is 2.01. The first kappa shape index (κ1) is 13.1. The zero-order valence-electron chi connectivity index (χ0n) is 10.9. The van der Waals surface area contributed by atoms with Crippen LogP contribution in [0.1, 0.15) is 5.56 Å². The van der Waals surface area contributed by atoms with E-state index >= 15 is 0 Å². The van der Waals surface area contributed by atoms with E-state index in [9.17, 15) is 8.78 Å². The smallest absolute Gasteiger partial charge is 0.150 e. The van der Waals surface area contributed by atoms with Crippen molar-refractivity contribution in [2.45, 2.75) is 0 Å². The van der Waals surface area contributed by atoms with Gasteiger partial charge in [-0.2, -0.15) is 5.26 Å². The van der Waals surface area contributed by atoms with Crippen molar-refractivity contribution in [1.29, 1.82) is 5.26 Å². The van der Waals surface area contributed by atoms with Crippen LogP contribution < -0.4 is 5.32 Å². The summed E-state index contributed by atoms with van der Waals surface area (Å²) in [5, 5.41) is 13.4. The minimum atomic E-state index is -0.792. The molecule has 3 rings (SSSR count). The van der Waals surface area contributed by atoms with Crippen LogP contribution >= 0.6 is 0 Å². The van der Waals surface area contributed by atoms with Crippen molar-refractivity contribution in [2.24, 2.45) is 0 Å². The number of nitrogens with one attached hydrogen (secondary N) is 1. The van der Waals surface area contributed by atoms with Crippen LogP contribution in [0.4, 0.5) is 20.2 Å². The highest BCUT2D eigenvalue weighted by Gasteiger charge is 2.11. The average Bonchev–Trinajstić information content (AvgIpc) is 2.50. The van der Waals surface area contributed by atoms with Crippen molar-refractivity contribution in [3.8, 4) is 6.07 Å². The van der Waals surface area contributed by atoms with Gasteiger partial charge in [-0.05, 0) is 35.0 Å². The fourth-order valence-corrected chi connectivity index (χ4v) is 2.17. The molecule has 3 aromatic rings. The molecule has 2 nitrogen and oxygen atoms in total. The van der Waals surface area contributed by atoms with Crippen LogP contribution in [0, 0.1) is 23.0 Å². The van der Waals surface area contributed by atoms with E-state index in [1.54, 1.807) is 12.1 Å². The zero-order chi connectivity index (χ0) is 14.8. The quantitative estimate of drug-likeness (QED) is 0.736. The number of hydrogen-bond donors (Lipinski definition) is 1. The van der Waals surface area contributed by atoms with Crippen LogP contribution in [0.2, 0.25) is 0 Å². The third-order valence-electron chi connectivity index (χ3n) is 3.19. The molecule has 0 radical (unpaired) electrons. The molecule has 0 bridgehead atoms. The van der Waals surface area contributed by atoms with Crippen molar-refractivity contribution in [2.75, 3.05) is 5.32 Å². The molecule has 21 heavy (non-hydrogen) atoms. The second-order valence-electron chi connectivity index (χ2n) is 4.61. The van der Waals surface area contributed by atoms with E-state index < -0.39 is 11.6 Å². The lowest BCUT2D eigenvalue weighted by Crippen LogP contribution is -1.98. The molecule has 0 aliphatic carbocycles. The first-order chi connectivity index (χ1) is 10.2. The number of hydrogen-bond acceptors (Lipinski definition) is 2. The van der Waals surface area contributed by atoms with Crippen LogP contribution in [0.15, 0.2) is 54.6 Å². The largest absolute Gasteiger partial charge is 0.351 e. The molecule has 0 aromatic heterocycles. The molecule has 3 aromatic carbocycles. The molecule has 0 saturated heterocycles. The molecule has 102 valence electrons. The van der Waals surface area contributed by atoms with Crippen molar-refractivity contribution in [3.05, 3.63) is 71.8 Å². The first-order valence-electron chi connectivity index (χ1n) is 6.32. The molecule has 4 heteroatoms. The Kier molecular flexibility index (Phi) is 3.25. The highest BCUT2D eigenvalue weighted by Crippen LogP contribution is 2.26. The number of rotatable bonds is 2. The predicted octanol–water partition coefficient (Wildman–Crippen LogP) is 4.73. The van der Waals surface area contributed by atoms with E-state index in [1.807, 2.05) is 36.4 Å². The van der Waals surface area contributed by atoms with Gasteiger partial charge in [-0.15, -0.1) is 0 Å². The molecule has 0 spiro atoms. The highest BCUT2D eigenvalue weighted by molar-refractivity contribution is 5.86. The lowest BCUT2D eigenvalue weighted by atomic mass is 10.1. The second kappa shape index (κ2) is 5.22. The third kappa shape index (κ3) is 2.54. The normalized spacial score (nSPS) is 10.3. The van der Waals surface area contributed by atoms with E-state index in [1.165, 1.54) is 0 Å². The van der Waals surface area contributed by atoms with Gasteiger partial charge in [-0.25, -0.2) is 8.78 Å². The van der Waals surface area contributed by atoms with E-state index in [2.05, 4.69) is 5.32 Å². The number of halogens is 2. The number of anilines is 2. The Labute approximate surface area is 120 Å². The molecule has 0 unspecified atom stereocenters. The Bertz CT molecular complexity index is 843. The maximum absolute atomic E-state index is 13.8. The number of nitriles is 1. The SMILES string of the molecule is N#Cc1cc(F)c(Nc2ccc3ccccc3c2)c(F)c1. The average molecular weight is 280 g/mol. The van der Waals surface area contributed by atoms with Gasteiger partial charge in [0.15, 0.2) is 11.6 Å². The molecular formula is C17H10F2N2. The van der Waals surface area contributed by atoms with Gasteiger partial charge >= 0.3 is 0 Å². The summed E-state index contributed by atoms with van der Waals surface area (Å²) in [7, 11) is 0. The topological polar surface area (TPSA) is 35.8 Å².